The molecule has 2 aromatic carbocycles. The van der Waals surface area contributed by atoms with Gasteiger partial charge < -0.3 is 10.2 Å². The predicted molar refractivity (Wildman–Crippen MR) is 95.1 cm³/mol. The topological polar surface area (TPSA) is 49.4 Å². The van der Waals surface area contributed by atoms with Crippen LogP contribution in [0.3, 0.4) is 0 Å². The monoisotopic (exact) mass is 378 g/mol. The van der Waals surface area contributed by atoms with E-state index < -0.39 is 21.5 Å². The van der Waals surface area contributed by atoms with Crippen LogP contribution in [0.25, 0.3) is 0 Å². The Hall–Kier alpha value is -1.99. The summed E-state index contributed by atoms with van der Waals surface area (Å²) in [5.74, 6) is -1.56. The van der Waals surface area contributed by atoms with Crippen LogP contribution in [0.1, 0.15) is 24.3 Å². The van der Waals surface area contributed by atoms with E-state index in [9.17, 15) is 17.2 Å². The Bertz CT molecular complexity index is 942. The molecule has 0 bridgehead atoms. The third kappa shape index (κ3) is 2.99. The van der Waals surface area contributed by atoms with Gasteiger partial charge in [0.25, 0.3) is 0 Å². The Balaban J connectivity index is 1.74. The van der Waals surface area contributed by atoms with Gasteiger partial charge in [-0.05, 0) is 68.9 Å². The summed E-state index contributed by atoms with van der Waals surface area (Å²) in [5.41, 5.74) is 1.93. The molecule has 2 heterocycles. The molecule has 0 radical (unpaired) electrons. The minimum atomic E-state index is -3.98. The van der Waals surface area contributed by atoms with E-state index in [2.05, 4.69) is 17.3 Å². The van der Waals surface area contributed by atoms with Gasteiger partial charge >= 0.3 is 0 Å². The standard InChI is InChI=1S/C19H20F2N2O2S/c1-23-6-4-16-17-11-14(2-3-18(17)22-19(16)5-7-23)26(24,25)15-9-12(20)8-13(21)10-15/h2-3,8-11,16,19,22H,4-7H2,1H3/t16-,19?/m1/s1. The Morgan fingerprint density at radius 2 is 1.69 bits per heavy atom. The molecule has 7 heteroatoms. The molecular formula is C19H20F2N2O2S. The van der Waals surface area contributed by atoms with Crippen molar-refractivity contribution in [3.05, 3.63) is 53.6 Å². The van der Waals surface area contributed by atoms with Crippen molar-refractivity contribution in [1.29, 1.82) is 0 Å². The molecule has 2 aliphatic rings. The fraction of sp³-hybridized carbons (Fsp3) is 0.368. The molecule has 2 atom stereocenters. The number of likely N-dealkylation sites (tertiary alicyclic amines) is 1. The van der Waals surface area contributed by atoms with E-state index in [1.165, 1.54) is 6.07 Å². The summed E-state index contributed by atoms with van der Waals surface area (Å²) in [5, 5.41) is 3.49. The molecule has 26 heavy (non-hydrogen) atoms. The number of anilines is 1. The summed E-state index contributed by atoms with van der Waals surface area (Å²) in [6, 6.07) is 7.59. The molecule has 0 amide bonds. The lowest BCUT2D eigenvalue weighted by Gasteiger charge is -2.16. The van der Waals surface area contributed by atoms with Crippen LogP contribution < -0.4 is 5.32 Å². The van der Waals surface area contributed by atoms with Crippen molar-refractivity contribution in [2.45, 2.75) is 34.6 Å². The van der Waals surface area contributed by atoms with E-state index in [1.54, 1.807) is 12.1 Å². The number of hydrogen-bond acceptors (Lipinski definition) is 4. The van der Waals surface area contributed by atoms with Crippen LogP contribution >= 0.6 is 0 Å². The second-order valence-electron chi connectivity index (χ2n) is 7.10. The number of hydrogen-bond donors (Lipinski definition) is 1. The second-order valence-corrected chi connectivity index (χ2v) is 9.05. The molecule has 2 aliphatic heterocycles. The maximum absolute atomic E-state index is 13.5. The summed E-state index contributed by atoms with van der Waals surface area (Å²) in [6.07, 6.45) is 1.94. The number of sulfone groups is 1. The first-order chi connectivity index (χ1) is 12.3. The number of fused-ring (bicyclic) bond motifs is 3. The summed E-state index contributed by atoms with van der Waals surface area (Å²) in [7, 11) is -1.90. The molecule has 138 valence electrons. The molecule has 1 saturated heterocycles. The molecule has 0 spiro atoms. The van der Waals surface area contributed by atoms with E-state index in [0.717, 1.165) is 49.3 Å². The molecule has 0 aromatic heterocycles. The fourth-order valence-electron chi connectivity index (χ4n) is 3.94. The van der Waals surface area contributed by atoms with Crippen LogP contribution in [-0.4, -0.2) is 39.5 Å². The predicted octanol–water partition coefficient (Wildman–Crippen LogP) is 3.40. The van der Waals surface area contributed by atoms with Gasteiger partial charge in [-0.15, -0.1) is 0 Å². The van der Waals surface area contributed by atoms with E-state index in [-0.39, 0.29) is 15.7 Å². The Labute approximate surface area is 151 Å². The largest absolute Gasteiger partial charge is 0.381 e. The van der Waals surface area contributed by atoms with Gasteiger partial charge in [-0.1, -0.05) is 0 Å². The maximum atomic E-state index is 13.5. The Kier molecular flexibility index (Phi) is 4.23. The fourth-order valence-corrected chi connectivity index (χ4v) is 5.28. The first kappa shape index (κ1) is 17.4. The quantitative estimate of drug-likeness (QED) is 0.870. The molecule has 1 unspecified atom stereocenters. The highest BCUT2D eigenvalue weighted by Gasteiger charge is 2.35. The molecule has 4 nitrogen and oxygen atoms in total. The highest BCUT2D eigenvalue weighted by molar-refractivity contribution is 7.91. The zero-order valence-corrected chi connectivity index (χ0v) is 15.2. The first-order valence-electron chi connectivity index (χ1n) is 8.65. The normalized spacial score (nSPS) is 23.0. The molecule has 1 fully saturated rings. The maximum Gasteiger partial charge on any atom is 0.206 e. The Morgan fingerprint density at radius 3 is 2.42 bits per heavy atom. The first-order valence-corrected chi connectivity index (χ1v) is 10.1. The van der Waals surface area contributed by atoms with Gasteiger partial charge in [0, 0.05) is 23.7 Å². The summed E-state index contributed by atoms with van der Waals surface area (Å²) >= 11 is 0. The van der Waals surface area contributed by atoms with Crippen LogP contribution in [-0.2, 0) is 9.84 Å². The number of halogens is 2. The number of benzene rings is 2. The third-order valence-corrected chi connectivity index (χ3v) is 7.08. The van der Waals surface area contributed by atoms with Gasteiger partial charge in [0.2, 0.25) is 9.84 Å². The minimum absolute atomic E-state index is 0.0706. The van der Waals surface area contributed by atoms with E-state index in [4.69, 9.17) is 0 Å². The van der Waals surface area contributed by atoms with Crippen LogP contribution in [0.4, 0.5) is 14.5 Å². The van der Waals surface area contributed by atoms with Gasteiger partial charge in [-0.2, -0.15) is 0 Å². The van der Waals surface area contributed by atoms with Gasteiger partial charge in [0.05, 0.1) is 9.79 Å². The van der Waals surface area contributed by atoms with E-state index in [0.29, 0.717) is 12.1 Å². The van der Waals surface area contributed by atoms with Crippen LogP contribution in [0.5, 0.6) is 0 Å². The van der Waals surface area contributed by atoms with Gasteiger partial charge in [-0.3, -0.25) is 0 Å². The van der Waals surface area contributed by atoms with E-state index in [1.807, 2.05) is 0 Å². The molecule has 1 N–H and O–H groups in total. The van der Waals surface area contributed by atoms with Crippen LogP contribution in [0.2, 0.25) is 0 Å². The molecule has 0 saturated carbocycles. The lowest BCUT2D eigenvalue weighted by Crippen LogP contribution is -2.22. The zero-order valence-electron chi connectivity index (χ0n) is 14.4. The molecule has 4 rings (SSSR count). The van der Waals surface area contributed by atoms with Gasteiger partial charge in [0.1, 0.15) is 11.6 Å². The van der Waals surface area contributed by atoms with Crippen molar-refractivity contribution in [3.63, 3.8) is 0 Å². The average molecular weight is 378 g/mol. The smallest absolute Gasteiger partial charge is 0.206 e. The second kappa shape index (κ2) is 6.32. The summed E-state index contributed by atoms with van der Waals surface area (Å²) in [6.45, 7) is 1.95. The molecule has 2 aromatic rings. The third-order valence-electron chi connectivity index (χ3n) is 5.35. The van der Waals surface area contributed by atoms with Crippen molar-refractivity contribution in [1.82, 2.24) is 4.90 Å². The minimum Gasteiger partial charge on any atom is -0.381 e. The summed E-state index contributed by atoms with van der Waals surface area (Å²) < 4.78 is 52.7. The van der Waals surface area contributed by atoms with Crippen molar-refractivity contribution in [2.75, 3.05) is 25.5 Å². The zero-order chi connectivity index (χ0) is 18.5. The van der Waals surface area contributed by atoms with Crippen LogP contribution in [0, 0.1) is 11.6 Å². The Morgan fingerprint density at radius 1 is 1.00 bits per heavy atom. The number of nitrogens with zero attached hydrogens (tertiary/aromatic N) is 1. The van der Waals surface area contributed by atoms with E-state index >= 15 is 0 Å². The number of nitrogens with one attached hydrogen (secondary N) is 1. The molecular weight excluding hydrogens is 358 g/mol. The van der Waals surface area contributed by atoms with Crippen molar-refractivity contribution >= 4 is 15.5 Å². The van der Waals surface area contributed by atoms with Gasteiger partial charge in [-0.25, -0.2) is 17.2 Å². The average Bonchev–Trinajstić information content (AvgIpc) is 2.83. The van der Waals surface area contributed by atoms with Crippen LogP contribution in [0.15, 0.2) is 46.2 Å². The van der Waals surface area contributed by atoms with Crippen molar-refractivity contribution in [3.8, 4) is 0 Å². The molecule has 0 aliphatic carbocycles. The van der Waals surface area contributed by atoms with Crippen molar-refractivity contribution in [2.24, 2.45) is 0 Å². The van der Waals surface area contributed by atoms with Crippen molar-refractivity contribution < 1.29 is 17.2 Å². The lowest BCUT2D eigenvalue weighted by molar-refractivity contribution is 0.346. The lowest BCUT2D eigenvalue weighted by atomic mass is 9.91. The SMILES string of the molecule is CN1CCC2Nc3ccc(S(=O)(=O)c4cc(F)cc(F)c4)cc3[C@H]2CC1. The highest BCUT2D eigenvalue weighted by Crippen LogP contribution is 2.42. The highest BCUT2D eigenvalue weighted by atomic mass is 32.2. The summed E-state index contributed by atoms with van der Waals surface area (Å²) in [4.78, 5) is 1.98. The number of rotatable bonds is 2. The van der Waals surface area contributed by atoms with Gasteiger partial charge in [0.15, 0.2) is 0 Å².